The Balaban J connectivity index is 1.17. The quantitative estimate of drug-likeness (QED) is 0.533. The largest absolute Gasteiger partial charge is 0.342 e. The summed E-state index contributed by atoms with van der Waals surface area (Å²) in [6.45, 7) is 1.19. The number of anilines is 1. The van der Waals surface area contributed by atoms with Gasteiger partial charge in [-0.3, -0.25) is 4.79 Å². The number of aromatic amines is 1. The van der Waals surface area contributed by atoms with E-state index in [1.54, 1.807) is 16.4 Å². The predicted molar refractivity (Wildman–Crippen MR) is 129 cm³/mol. The van der Waals surface area contributed by atoms with Gasteiger partial charge in [0.05, 0.1) is 15.9 Å². The Bertz CT molecular complexity index is 1240. The predicted octanol–water partition coefficient (Wildman–Crippen LogP) is 4.58. The standard InChI is InChI=1S/C25H30N4O3S/c30-24(26-20-10-13-22-23(17-20)28-25(27-22)19-5-4-6-19)14-9-18-7-11-21(12-8-18)33(31,32)29-15-2-1-3-16-29/h7-8,10-13,17,19H,1-6,9,14-16H2,(H,26,30)(H,27,28). The lowest BCUT2D eigenvalue weighted by Crippen LogP contribution is -2.35. The molecule has 174 valence electrons. The highest BCUT2D eigenvalue weighted by Gasteiger charge is 2.26. The molecule has 2 N–H and O–H groups in total. The van der Waals surface area contributed by atoms with Crippen LogP contribution in [0.15, 0.2) is 47.4 Å². The van der Waals surface area contributed by atoms with Crippen LogP contribution in [0.3, 0.4) is 0 Å². The van der Waals surface area contributed by atoms with Gasteiger partial charge in [-0.15, -0.1) is 0 Å². The summed E-state index contributed by atoms with van der Waals surface area (Å²) in [6.07, 6.45) is 7.44. The van der Waals surface area contributed by atoms with E-state index in [0.717, 1.165) is 47.4 Å². The number of piperidine rings is 1. The number of sulfonamides is 1. The Hall–Kier alpha value is -2.71. The number of hydrogen-bond acceptors (Lipinski definition) is 4. The van der Waals surface area contributed by atoms with Gasteiger partial charge < -0.3 is 10.3 Å². The van der Waals surface area contributed by atoms with Crippen LogP contribution in [0.25, 0.3) is 11.0 Å². The van der Waals surface area contributed by atoms with Gasteiger partial charge in [0.1, 0.15) is 5.82 Å². The zero-order valence-electron chi connectivity index (χ0n) is 18.7. The third-order valence-corrected chi connectivity index (χ3v) is 8.71. The van der Waals surface area contributed by atoms with Gasteiger partial charge in [-0.05, 0) is 68.0 Å². The molecule has 0 unspecified atom stereocenters. The fourth-order valence-electron chi connectivity index (χ4n) is 4.55. The first-order valence-electron chi connectivity index (χ1n) is 11.9. The van der Waals surface area contributed by atoms with E-state index in [4.69, 9.17) is 0 Å². The molecule has 3 aromatic rings. The van der Waals surface area contributed by atoms with Gasteiger partial charge in [0.2, 0.25) is 15.9 Å². The van der Waals surface area contributed by atoms with E-state index in [1.807, 2.05) is 30.3 Å². The van der Waals surface area contributed by atoms with Crippen molar-refractivity contribution in [1.29, 1.82) is 0 Å². The maximum absolute atomic E-state index is 12.8. The second kappa shape index (κ2) is 9.27. The monoisotopic (exact) mass is 466 g/mol. The number of aryl methyl sites for hydroxylation is 1. The third kappa shape index (κ3) is 4.82. The number of fused-ring (bicyclic) bond motifs is 1. The molecule has 1 amide bonds. The second-order valence-electron chi connectivity index (χ2n) is 9.14. The summed E-state index contributed by atoms with van der Waals surface area (Å²) in [6, 6.07) is 12.7. The smallest absolute Gasteiger partial charge is 0.243 e. The molecule has 1 aliphatic heterocycles. The highest BCUT2D eigenvalue weighted by atomic mass is 32.2. The molecule has 1 saturated carbocycles. The van der Waals surface area contributed by atoms with Crippen LogP contribution in [0.2, 0.25) is 0 Å². The van der Waals surface area contributed by atoms with Crippen molar-refractivity contribution in [3.05, 3.63) is 53.9 Å². The molecule has 5 rings (SSSR count). The number of amides is 1. The van der Waals surface area contributed by atoms with Crippen molar-refractivity contribution in [3.8, 4) is 0 Å². The van der Waals surface area contributed by atoms with Crippen molar-refractivity contribution in [1.82, 2.24) is 14.3 Å². The van der Waals surface area contributed by atoms with E-state index in [1.165, 1.54) is 19.3 Å². The van der Waals surface area contributed by atoms with Crippen LogP contribution in [-0.2, 0) is 21.2 Å². The lowest BCUT2D eigenvalue weighted by atomic mass is 9.85. The molecule has 0 atom stereocenters. The van der Waals surface area contributed by atoms with E-state index in [9.17, 15) is 13.2 Å². The lowest BCUT2D eigenvalue weighted by molar-refractivity contribution is -0.116. The Morgan fingerprint density at radius 1 is 1.03 bits per heavy atom. The Kier molecular flexibility index (Phi) is 6.21. The third-order valence-electron chi connectivity index (χ3n) is 6.79. The van der Waals surface area contributed by atoms with Crippen molar-refractivity contribution in [3.63, 3.8) is 0 Å². The van der Waals surface area contributed by atoms with Crippen molar-refractivity contribution in [2.75, 3.05) is 18.4 Å². The number of aromatic nitrogens is 2. The molecule has 0 radical (unpaired) electrons. The number of carbonyl (C=O) groups excluding carboxylic acids is 1. The number of nitrogens with one attached hydrogen (secondary N) is 2. The Labute approximate surface area is 194 Å². The van der Waals surface area contributed by atoms with Crippen molar-refractivity contribution in [2.24, 2.45) is 0 Å². The maximum atomic E-state index is 12.8. The number of carbonyl (C=O) groups is 1. The SMILES string of the molecule is O=C(CCc1ccc(S(=O)(=O)N2CCCCC2)cc1)Nc1ccc2nc(C3CCC3)[nH]c2c1. The Morgan fingerprint density at radius 3 is 2.48 bits per heavy atom. The first-order chi connectivity index (χ1) is 16.0. The average molecular weight is 467 g/mol. The topological polar surface area (TPSA) is 95.2 Å². The lowest BCUT2D eigenvalue weighted by Gasteiger charge is -2.25. The highest BCUT2D eigenvalue weighted by molar-refractivity contribution is 7.89. The Morgan fingerprint density at radius 2 is 1.79 bits per heavy atom. The highest BCUT2D eigenvalue weighted by Crippen LogP contribution is 2.35. The molecule has 0 spiro atoms. The van der Waals surface area contributed by atoms with Gasteiger partial charge in [-0.25, -0.2) is 13.4 Å². The van der Waals surface area contributed by atoms with E-state index >= 15 is 0 Å². The minimum Gasteiger partial charge on any atom is -0.342 e. The number of hydrogen-bond donors (Lipinski definition) is 2. The molecule has 1 aromatic heterocycles. The zero-order chi connectivity index (χ0) is 22.8. The number of imidazole rings is 1. The van der Waals surface area contributed by atoms with Gasteiger partial charge in [0, 0.05) is 31.1 Å². The van der Waals surface area contributed by atoms with Gasteiger partial charge >= 0.3 is 0 Å². The summed E-state index contributed by atoms with van der Waals surface area (Å²) in [7, 11) is -3.42. The minimum atomic E-state index is -3.42. The van der Waals surface area contributed by atoms with Crippen molar-refractivity contribution < 1.29 is 13.2 Å². The van der Waals surface area contributed by atoms with Gasteiger partial charge in [-0.2, -0.15) is 4.31 Å². The van der Waals surface area contributed by atoms with Crippen LogP contribution < -0.4 is 5.32 Å². The molecule has 2 fully saturated rings. The maximum Gasteiger partial charge on any atom is 0.243 e. The normalized spacial score (nSPS) is 17.7. The number of H-pyrrole nitrogens is 1. The summed E-state index contributed by atoms with van der Waals surface area (Å²) in [5.41, 5.74) is 3.56. The van der Waals surface area contributed by atoms with Gasteiger partial charge in [-0.1, -0.05) is 25.0 Å². The van der Waals surface area contributed by atoms with Crippen molar-refractivity contribution >= 4 is 32.7 Å². The minimum absolute atomic E-state index is 0.0712. The van der Waals surface area contributed by atoms with Gasteiger partial charge in [0.25, 0.3) is 0 Å². The molecular formula is C25H30N4O3S. The van der Waals surface area contributed by atoms with E-state index in [0.29, 0.717) is 36.7 Å². The molecule has 2 aromatic carbocycles. The number of rotatable bonds is 7. The van der Waals surface area contributed by atoms with Crippen molar-refractivity contribution in [2.45, 2.75) is 62.2 Å². The molecule has 1 saturated heterocycles. The molecule has 33 heavy (non-hydrogen) atoms. The van der Waals surface area contributed by atoms with Crippen LogP contribution >= 0.6 is 0 Å². The van der Waals surface area contributed by atoms with E-state index in [2.05, 4.69) is 15.3 Å². The summed E-state index contributed by atoms with van der Waals surface area (Å²) in [5.74, 6) is 1.51. The van der Waals surface area contributed by atoms with Crippen LogP contribution in [0.4, 0.5) is 5.69 Å². The fourth-order valence-corrected chi connectivity index (χ4v) is 6.06. The number of benzene rings is 2. The molecule has 2 aliphatic rings. The summed E-state index contributed by atoms with van der Waals surface area (Å²) in [4.78, 5) is 20.9. The summed E-state index contributed by atoms with van der Waals surface area (Å²) in [5, 5.41) is 2.96. The van der Waals surface area contributed by atoms with Crippen LogP contribution in [0.1, 0.15) is 62.3 Å². The van der Waals surface area contributed by atoms with E-state index < -0.39 is 10.0 Å². The first-order valence-corrected chi connectivity index (χ1v) is 13.3. The molecule has 0 bridgehead atoms. The molecule has 2 heterocycles. The summed E-state index contributed by atoms with van der Waals surface area (Å²) >= 11 is 0. The molecule has 7 nitrogen and oxygen atoms in total. The van der Waals surface area contributed by atoms with Crippen LogP contribution in [-0.4, -0.2) is 41.7 Å². The molecule has 8 heteroatoms. The zero-order valence-corrected chi connectivity index (χ0v) is 19.5. The molecule has 1 aliphatic carbocycles. The number of nitrogens with zero attached hydrogens (tertiary/aromatic N) is 2. The fraction of sp³-hybridized carbons (Fsp3) is 0.440. The van der Waals surface area contributed by atoms with Crippen LogP contribution in [0, 0.1) is 0 Å². The summed E-state index contributed by atoms with van der Waals surface area (Å²) < 4.78 is 27.1. The van der Waals surface area contributed by atoms with Crippen LogP contribution in [0.5, 0.6) is 0 Å². The van der Waals surface area contributed by atoms with Gasteiger partial charge in [0.15, 0.2) is 0 Å². The molecular weight excluding hydrogens is 436 g/mol. The average Bonchev–Trinajstić information content (AvgIpc) is 3.20. The second-order valence-corrected chi connectivity index (χ2v) is 11.1. The van der Waals surface area contributed by atoms with E-state index in [-0.39, 0.29) is 5.91 Å². The first kappa shape index (κ1) is 22.1.